The molecule has 6 nitrogen and oxygen atoms in total. The molecule has 1 heterocycles. The van der Waals surface area contributed by atoms with Crippen LogP contribution >= 0.6 is 0 Å². The molecule has 1 saturated heterocycles. The second-order valence-electron chi connectivity index (χ2n) is 6.34. The van der Waals surface area contributed by atoms with Crippen molar-refractivity contribution in [3.05, 3.63) is 23.8 Å². The summed E-state index contributed by atoms with van der Waals surface area (Å²) in [4.78, 5) is 12.6. The van der Waals surface area contributed by atoms with Gasteiger partial charge in [-0.1, -0.05) is 6.07 Å². The second-order valence-corrected chi connectivity index (χ2v) is 6.34. The summed E-state index contributed by atoms with van der Waals surface area (Å²) in [5, 5.41) is 16.7. The highest BCUT2D eigenvalue weighted by molar-refractivity contribution is 5.98. The number of carbonyl (C=O) groups is 1. The molecule has 6 heteroatoms. The molecule has 2 aliphatic rings. The Balaban J connectivity index is 1.74. The Bertz CT molecular complexity index is 578. The molecule has 1 saturated carbocycles. The normalized spacial score (nSPS) is 29.7. The Kier molecular flexibility index (Phi) is 4.73. The maximum Gasteiger partial charge on any atom is 0.255 e. The van der Waals surface area contributed by atoms with Crippen LogP contribution in [-0.2, 0) is 0 Å². The molecular weight excluding hydrogens is 296 g/mol. The highest BCUT2D eigenvalue weighted by Gasteiger charge is 2.39. The smallest absolute Gasteiger partial charge is 0.255 e. The van der Waals surface area contributed by atoms with E-state index in [1.807, 2.05) is 0 Å². The van der Waals surface area contributed by atoms with Crippen molar-refractivity contribution in [1.29, 1.82) is 0 Å². The highest BCUT2D eigenvalue weighted by atomic mass is 16.5. The van der Waals surface area contributed by atoms with Crippen LogP contribution in [0.4, 0.5) is 0 Å². The number of benzene rings is 1. The lowest BCUT2D eigenvalue weighted by atomic mass is 9.77. The zero-order valence-electron chi connectivity index (χ0n) is 13.5. The van der Waals surface area contributed by atoms with Gasteiger partial charge in [0.25, 0.3) is 5.91 Å². The van der Waals surface area contributed by atoms with E-state index in [0.29, 0.717) is 28.9 Å². The summed E-state index contributed by atoms with van der Waals surface area (Å²) in [6, 6.07) is 4.98. The molecule has 0 aromatic heterocycles. The Morgan fingerprint density at radius 1 is 1.22 bits per heavy atom. The number of hydrogen-bond acceptors (Lipinski definition) is 5. The van der Waals surface area contributed by atoms with Gasteiger partial charge in [-0.3, -0.25) is 4.79 Å². The third-order valence-corrected chi connectivity index (χ3v) is 5.01. The van der Waals surface area contributed by atoms with Crippen molar-refractivity contribution in [3.8, 4) is 11.5 Å². The highest BCUT2D eigenvalue weighted by Crippen LogP contribution is 2.34. The number of nitrogens with one attached hydrogen (secondary N) is 2. The first kappa shape index (κ1) is 16.1. The molecule has 1 aliphatic carbocycles. The van der Waals surface area contributed by atoms with Crippen molar-refractivity contribution in [2.75, 3.05) is 27.3 Å². The van der Waals surface area contributed by atoms with E-state index in [1.54, 1.807) is 18.2 Å². The molecule has 4 atom stereocenters. The van der Waals surface area contributed by atoms with Crippen molar-refractivity contribution >= 4 is 5.91 Å². The molecule has 23 heavy (non-hydrogen) atoms. The van der Waals surface area contributed by atoms with E-state index in [-0.39, 0.29) is 11.9 Å². The lowest BCUT2D eigenvalue weighted by Crippen LogP contribution is -2.49. The average Bonchev–Trinajstić information content (AvgIpc) is 3.01. The van der Waals surface area contributed by atoms with Crippen LogP contribution in [-0.4, -0.2) is 50.5 Å². The third kappa shape index (κ3) is 3.14. The van der Waals surface area contributed by atoms with E-state index in [0.717, 1.165) is 25.9 Å². The van der Waals surface area contributed by atoms with Gasteiger partial charge in [0.1, 0.15) is 0 Å². The van der Waals surface area contributed by atoms with Gasteiger partial charge in [-0.05, 0) is 49.9 Å². The molecule has 0 spiro atoms. The minimum absolute atomic E-state index is 0.223. The van der Waals surface area contributed by atoms with Crippen LogP contribution in [0.1, 0.15) is 23.2 Å². The molecule has 3 rings (SSSR count). The monoisotopic (exact) mass is 320 g/mol. The number of hydrogen-bond donors (Lipinski definition) is 3. The van der Waals surface area contributed by atoms with Crippen molar-refractivity contribution in [2.45, 2.75) is 25.0 Å². The molecule has 0 bridgehead atoms. The summed E-state index contributed by atoms with van der Waals surface area (Å²) < 4.78 is 10.5. The molecule has 1 aromatic rings. The summed E-state index contributed by atoms with van der Waals surface area (Å²) in [7, 11) is 3.05. The van der Waals surface area contributed by atoms with Crippen LogP contribution in [0.15, 0.2) is 18.2 Å². The van der Waals surface area contributed by atoms with Gasteiger partial charge in [-0.15, -0.1) is 0 Å². The van der Waals surface area contributed by atoms with Crippen LogP contribution in [0.3, 0.4) is 0 Å². The first-order chi connectivity index (χ1) is 11.1. The fraction of sp³-hybridized carbons (Fsp3) is 0.588. The van der Waals surface area contributed by atoms with Gasteiger partial charge >= 0.3 is 0 Å². The van der Waals surface area contributed by atoms with Crippen LogP contribution in [0.2, 0.25) is 0 Å². The Morgan fingerprint density at radius 2 is 1.96 bits per heavy atom. The number of aliphatic hydroxyl groups is 1. The van der Waals surface area contributed by atoms with Crippen LogP contribution in [0.25, 0.3) is 0 Å². The molecule has 0 radical (unpaired) electrons. The number of rotatable bonds is 4. The van der Waals surface area contributed by atoms with Gasteiger partial charge in [0.05, 0.1) is 31.9 Å². The van der Waals surface area contributed by atoms with E-state index in [2.05, 4.69) is 10.6 Å². The van der Waals surface area contributed by atoms with Crippen LogP contribution in [0.5, 0.6) is 11.5 Å². The number of para-hydroxylation sites is 1. The molecule has 2 fully saturated rings. The quantitative estimate of drug-likeness (QED) is 0.764. The lowest BCUT2D eigenvalue weighted by molar-refractivity contribution is 0.0461. The summed E-state index contributed by atoms with van der Waals surface area (Å²) >= 11 is 0. The summed E-state index contributed by atoms with van der Waals surface area (Å²) in [5.74, 6) is 1.73. The topological polar surface area (TPSA) is 79.8 Å². The first-order valence-electron chi connectivity index (χ1n) is 8.04. The summed E-state index contributed by atoms with van der Waals surface area (Å²) in [6.07, 6.45) is 1.03. The fourth-order valence-corrected chi connectivity index (χ4v) is 3.76. The molecular formula is C17H24N2O4. The molecule has 1 amide bonds. The standard InChI is InChI=1S/C17H24N2O4/c1-22-15-5-3-4-12(16(15)23-2)17(21)19-13-6-10-8-18-9-11(10)7-14(13)20/h3-5,10-11,13-14,18,20H,6-9H2,1-2H3,(H,19,21)/t10-,11+,13-,14-/m0/s1. The van der Waals surface area contributed by atoms with Crippen molar-refractivity contribution in [3.63, 3.8) is 0 Å². The predicted molar refractivity (Wildman–Crippen MR) is 85.9 cm³/mol. The zero-order chi connectivity index (χ0) is 16.4. The van der Waals surface area contributed by atoms with E-state index < -0.39 is 6.10 Å². The Morgan fingerprint density at radius 3 is 2.65 bits per heavy atom. The van der Waals surface area contributed by atoms with Crippen molar-refractivity contribution in [2.24, 2.45) is 11.8 Å². The van der Waals surface area contributed by atoms with Gasteiger partial charge in [-0.25, -0.2) is 0 Å². The van der Waals surface area contributed by atoms with Crippen LogP contribution < -0.4 is 20.1 Å². The first-order valence-corrected chi connectivity index (χ1v) is 8.04. The number of methoxy groups -OCH3 is 2. The maximum atomic E-state index is 12.6. The van der Waals surface area contributed by atoms with E-state index in [1.165, 1.54) is 14.2 Å². The lowest BCUT2D eigenvalue weighted by Gasteiger charge is -2.35. The van der Waals surface area contributed by atoms with Gasteiger partial charge in [0.2, 0.25) is 0 Å². The van der Waals surface area contributed by atoms with E-state index in [9.17, 15) is 9.90 Å². The second kappa shape index (κ2) is 6.76. The van der Waals surface area contributed by atoms with Crippen LogP contribution in [0, 0.1) is 11.8 Å². The minimum atomic E-state index is -0.503. The third-order valence-electron chi connectivity index (χ3n) is 5.01. The Labute approximate surface area is 136 Å². The zero-order valence-corrected chi connectivity index (χ0v) is 13.5. The number of amides is 1. The van der Waals surface area contributed by atoms with Gasteiger partial charge < -0.3 is 25.2 Å². The van der Waals surface area contributed by atoms with E-state index >= 15 is 0 Å². The Hall–Kier alpha value is -1.79. The van der Waals surface area contributed by atoms with E-state index in [4.69, 9.17) is 9.47 Å². The van der Waals surface area contributed by atoms with Gasteiger partial charge in [-0.2, -0.15) is 0 Å². The molecule has 1 aliphatic heterocycles. The minimum Gasteiger partial charge on any atom is -0.493 e. The van der Waals surface area contributed by atoms with Gasteiger partial charge in [0, 0.05) is 0 Å². The summed E-state index contributed by atoms with van der Waals surface area (Å²) in [5.41, 5.74) is 0.422. The van der Waals surface area contributed by atoms with Crippen molar-refractivity contribution < 1.29 is 19.4 Å². The number of carbonyl (C=O) groups excluding carboxylic acids is 1. The summed E-state index contributed by atoms with van der Waals surface area (Å²) in [6.45, 7) is 1.93. The SMILES string of the molecule is COc1cccc(C(=O)N[C@H]2C[C@H]3CNC[C@H]3C[C@@H]2O)c1OC. The molecule has 3 N–H and O–H groups in total. The predicted octanol–water partition coefficient (Wildman–Crippen LogP) is 0.792. The molecule has 0 unspecified atom stereocenters. The maximum absolute atomic E-state index is 12.6. The molecule has 1 aromatic carbocycles. The molecule has 126 valence electrons. The number of aliphatic hydroxyl groups excluding tert-OH is 1. The number of ether oxygens (including phenoxy) is 2. The fourth-order valence-electron chi connectivity index (χ4n) is 3.76. The van der Waals surface area contributed by atoms with Gasteiger partial charge in [0.15, 0.2) is 11.5 Å². The van der Waals surface area contributed by atoms with Crippen molar-refractivity contribution in [1.82, 2.24) is 10.6 Å². The average molecular weight is 320 g/mol. The number of fused-ring (bicyclic) bond motifs is 1. The largest absolute Gasteiger partial charge is 0.493 e.